The van der Waals surface area contributed by atoms with Crippen molar-refractivity contribution in [3.8, 4) is 0 Å². The first kappa shape index (κ1) is 24.3. The molecule has 1 heterocycles. The van der Waals surface area contributed by atoms with Gasteiger partial charge in [0.25, 0.3) is 0 Å². The Hall–Kier alpha value is -2.69. The van der Waals surface area contributed by atoms with Gasteiger partial charge < -0.3 is 32.1 Å². The molecule has 1 aliphatic rings. The summed E-state index contributed by atoms with van der Waals surface area (Å²) in [6.07, 6.45) is 1.31. The zero-order valence-electron chi connectivity index (χ0n) is 16.8. The van der Waals surface area contributed by atoms with Gasteiger partial charge in [0.1, 0.15) is 18.1 Å². The zero-order valence-corrected chi connectivity index (χ0v) is 16.8. The van der Waals surface area contributed by atoms with Crippen LogP contribution in [0.3, 0.4) is 0 Å². The van der Waals surface area contributed by atoms with Crippen molar-refractivity contribution in [1.29, 1.82) is 0 Å². The molecule has 4 unspecified atom stereocenters. The summed E-state index contributed by atoms with van der Waals surface area (Å²) in [6.45, 7) is 3.64. The summed E-state index contributed by atoms with van der Waals surface area (Å²) in [6, 6.07) is -3.06. The van der Waals surface area contributed by atoms with Crippen LogP contribution in [0.5, 0.6) is 0 Å². The standard InChI is InChI=1S/C18H31N5O6/c1-3-10(2)15(18(28)29)22-16(26)11(6-7-13(20)24)21-17(27)12-5-4-8-23(12)14(25)9-19/h10-12,15H,3-9,19H2,1-2H3,(H2,20,24)(H,21,27)(H,22,26)(H,28,29). The van der Waals surface area contributed by atoms with Crippen LogP contribution in [-0.4, -0.2) is 70.8 Å². The molecule has 0 aliphatic carbocycles. The van der Waals surface area contributed by atoms with Crippen LogP contribution in [0, 0.1) is 5.92 Å². The highest BCUT2D eigenvalue weighted by atomic mass is 16.4. The molecule has 0 spiro atoms. The highest BCUT2D eigenvalue weighted by Crippen LogP contribution is 2.18. The Morgan fingerprint density at radius 3 is 2.38 bits per heavy atom. The van der Waals surface area contributed by atoms with Gasteiger partial charge in [-0.15, -0.1) is 0 Å². The van der Waals surface area contributed by atoms with E-state index in [9.17, 15) is 29.1 Å². The Labute approximate surface area is 169 Å². The molecule has 164 valence electrons. The third kappa shape index (κ3) is 7.00. The SMILES string of the molecule is CCC(C)C(NC(=O)C(CCC(N)=O)NC(=O)C1CCCN1C(=O)CN)C(=O)O. The molecule has 11 nitrogen and oxygen atoms in total. The minimum atomic E-state index is -1.19. The highest BCUT2D eigenvalue weighted by molar-refractivity contribution is 5.94. The normalized spacial score (nSPS) is 19.1. The number of nitrogens with one attached hydrogen (secondary N) is 2. The van der Waals surface area contributed by atoms with E-state index in [1.54, 1.807) is 13.8 Å². The molecule has 4 amide bonds. The molecule has 0 radical (unpaired) electrons. The molecule has 1 rings (SSSR count). The topological polar surface area (TPSA) is 185 Å². The minimum Gasteiger partial charge on any atom is -0.480 e. The number of aliphatic carboxylic acids is 1. The lowest BCUT2D eigenvalue weighted by Crippen LogP contribution is -2.56. The van der Waals surface area contributed by atoms with Gasteiger partial charge in [-0.05, 0) is 25.2 Å². The first-order chi connectivity index (χ1) is 13.6. The second-order valence-electron chi connectivity index (χ2n) is 7.23. The third-order valence-corrected chi connectivity index (χ3v) is 5.14. The fourth-order valence-electron chi connectivity index (χ4n) is 3.22. The van der Waals surface area contributed by atoms with E-state index in [0.29, 0.717) is 25.8 Å². The van der Waals surface area contributed by atoms with E-state index >= 15 is 0 Å². The number of hydrogen-bond donors (Lipinski definition) is 5. The van der Waals surface area contributed by atoms with Gasteiger partial charge >= 0.3 is 5.97 Å². The van der Waals surface area contributed by atoms with Gasteiger partial charge in [-0.3, -0.25) is 19.2 Å². The Morgan fingerprint density at radius 2 is 1.86 bits per heavy atom. The molecule has 0 bridgehead atoms. The number of carbonyl (C=O) groups excluding carboxylic acids is 4. The van der Waals surface area contributed by atoms with Gasteiger partial charge in [-0.2, -0.15) is 0 Å². The zero-order chi connectivity index (χ0) is 22.1. The number of nitrogens with two attached hydrogens (primary N) is 2. The number of carboxylic acid groups (broad SMARTS) is 1. The van der Waals surface area contributed by atoms with Crippen molar-refractivity contribution in [1.82, 2.24) is 15.5 Å². The highest BCUT2D eigenvalue weighted by Gasteiger charge is 2.36. The lowest BCUT2D eigenvalue weighted by molar-refractivity contribution is -0.144. The van der Waals surface area contributed by atoms with Crippen molar-refractivity contribution in [2.75, 3.05) is 13.1 Å². The summed E-state index contributed by atoms with van der Waals surface area (Å²) in [7, 11) is 0. The summed E-state index contributed by atoms with van der Waals surface area (Å²) in [5, 5.41) is 14.3. The maximum Gasteiger partial charge on any atom is 0.326 e. The lowest BCUT2D eigenvalue weighted by atomic mass is 9.98. The number of hydrogen-bond acceptors (Lipinski definition) is 6. The predicted octanol–water partition coefficient (Wildman–Crippen LogP) is -1.70. The second kappa shape index (κ2) is 11.3. The summed E-state index contributed by atoms with van der Waals surface area (Å²) < 4.78 is 0. The van der Waals surface area contributed by atoms with Crippen molar-refractivity contribution < 1.29 is 29.1 Å². The van der Waals surface area contributed by atoms with E-state index in [0.717, 1.165) is 0 Å². The number of amides is 4. The van der Waals surface area contributed by atoms with E-state index in [2.05, 4.69) is 10.6 Å². The summed E-state index contributed by atoms with van der Waals surface area (Å²) in [5.74, 6) is -3.83. The Bertz CT molecular complexity index is 640. The minimum absolute atomic E-state index is 0.0860. The van der Waals surface area contributed by atoms with Crippen LogP contribution >= 0.6 is 0 Å². The quantitative estimate of drug-likeness (QED) is 0.267. The number of nitrogens with zero attached hydrogens (tertiary/aromatic N) is 1. The molecular formula is C18H31N5O6. The van der Waals surface area contributed by atoms with Crippen molar-refractivity contribution in [3.05, 3.63) is 0 Å². The summed E-state index contributed by atoms with van der Waals surface area (Å²) >= 11 is 0. The smallest absolute Gasteiger partial charge is 0.326 e. The first-order valence-electron chi connectivity index (χ1n) is 9.73. The van der Waals surface area contributed by atoms with Crippen LogP contribution in [0.4, 0.5) is 0 Å². The van der Waals surface area contributed by atoms with Crippen LogP contribution in [0.15, 0.2) is 0 Å². The molecule has 29 heavy (non-hydrogen) atoms. The molecule has 0 aromatic rings. The van der Waals surface area contributed by atoms with Gasteiger partial charge in [-0.25, -0.2) is 4.79 Å². The molecule has 1 aliphatic heterocycles. The fraction of sp³-hybridized carbons (Fsp3) is 0.722. The van der Waals surface area contributed by atoms with Crippen molar-refractivity contribution in [2.45, 2.75) is 64.1 Å². The molecule has 0 aromatic heterocycles. The van der Waals surface area contributed by atoms with Gasteiger partial charge in [0, 0.05) is 13.0 Å². The van der Waals surface area contributed by atoms with Gasteiger partial charge in [0.05, 0.1) is 6.54 Å². The van der Waals surface area contributed by atoms with Crippen molar-refractivity contribution in [2.24, 2.45) is 17.4 Å². The van der Waals surface area contributed by atoms with Crippen molar-refractivity contribution in [3.63, 3.8) is 0 Å². The van der Waals surface area contributed by atoms with Gasteiger partial charge in [0.15, 0.2) is 0 Å². The molecule has 7 N–H and O–H groups in total. The monoisotopic (exact) mass is 413 g/mol. The van der Waals surface area contributed by atoms with Crippen LogP contribution in [0.2, 0.25) is 0 Å². The Balaban J connectivity index is 2.92. The van der Waals surface area contributed by atoms with E-state index in [4.69, 9.17) is 11.5 Å². The average molecular weight is 413 g/mol. The lowest BCUT2D eigenvalue weighted by Gasteiger charge is -2.27. The van der Waals surface area contributed by atoms with Crippen LogP contribution < -0.4 is 22.1 Å². The average Bonchev–Trinajstić information content (AvgIpc) is 3.17. The number of rotatable bonds is 11. The van der Waals surface area contributed by atoms with E-state index in [1.165, 1.54) is 4.90 Å². The number of carbonyl (C=O) groups is 5. The predicted molar refractivity (Wildman–Crippen MR) is 103 cm³/mol. The molecule has 1 saturated heterocycles. The Morgan fingerprint density at radius 1 is 1.21 bits per heavy atom. The second-order valence-corrected chi connectivity index (χ2v) is 7.23. The third-order valence-electron chi connectivity index (χ3n) is 5.14. The van der Waals surface area contributed by atoms with Crippen LogP contribution in [0.25, 0.3) is 0 Å². The van der Waals surface area contributed by atoms with E-state index < -0.39 is 41.8 Å². The number of likely N-dealkylation sites (tertiary alicyclic amines) is 1. The molecule has 4 atom stereocenters. The van der Waals surface area contributed by atoms with Crippen LogP contribution in [0.1, 0.15) is 46.0 Å². The van der Waals surface area contributed by atoms with Crippen LogP contribution in [-0.2, 0) is 24.0 Å². The molecule has 1 fully saturated rings. The fourth-order valence-corrected chi connectivity index (χ4v) is 3.22. The largest absolute Gasteiger partial charge is 0.480 e. The Kier molecular flexibility index (Phi) is 9.53. The summed E-state index contributed by atoms with van der Waals surface area (Å²) in [4.78, 5) is 61.2. The number of primary amides is 1. The molecular weight excluding hydrogens is 382 g/mol. The summed E-state index contributed by atoms with van der Waals surface area (Å²) in [5.41, 5.74) is 10.5. The molecule has 0 saturated carbocycles. The van der Waals surface area contributed by atoms with Gasteiger partial charge in [-0.1, -0.05) is 20.3 Å². The number of carboxylic acids is 1. The molecule has 11 heteroatoms. The van der Waals surface area contributed by atoms with Crippen molar-refractivity contribution >= 4 is 29.6 Å². The maximum absolute atomic E-state index is 12.7. The first-order valence-corrected chi connectivity index (χ1v) is 9.73. The van der Waals surface area contributed by atoms with Gasteiger partial charge in [0.2, 0.25) is 23.6 Å². The van der Waals surface area contributed by atoms with E-state index in [1.807, 2.05) is 0 Å². The maximum atomic E-state index is 12.7. The van der Waals surface area contributed by atoms with E-state index in [-0.39, 0.29) is 31.2 Å². The molecule has 0 aromatic carbocycles.